The van der Waals surface area contributed by atoms with Crippen molar-refractivity contribution in [1.29, 1.82) is 0 Å². The van der Waals surface area contributed by atoms with Gasteiger partial charge < -0.3 is 14.8 Å². The molecule has 3 heteroatoms. The van der Waals surface area contributed by atoms with E-state index in [1.54, 1.807) is 0 Å². The predicted molar refractivity (Wildman–Crippen MR) is 83.9 cm³/mol. The Morgan fingerprint density at radius 3 is 2.67 bits per heavy atom. The van der Waals surface area contributed by atoms with Gasteiger partial charge in [0.05, 0.1) is 13.2 Å². The van der Waals surface area contributed by atoms with Crippen LogP contribution in [0.4, 0.5) is 0 Å². The average Bonchev–Trinajstić information content (AvgIpc) is 2.78. The van der Waals surface area contributed by atoms with Crippen LogP contribution in [0.5, 0.6) is 11.5 Å². The molecule has 110 valence electrons. The Labute approximate surface area is 125 Å². The van der Waals surface area contributed by atoms with Crippen molar-refractivity contribution in [1.82, 2.24) is 5.32 Å². The topological polar surface area (TPSA) is 30.5 Å². The maximum absolute atomic E-state index is 5.83. The summed E-state index contributed by atoms with van der Waals surface area (Å²) in [5, 5.41) is 3.49. The highest BCUT2D eigenvalue weighted by Gasteiger charge is 2.13. The zero-order chi connectivity index (χ0) is 14.3. The largest absolute Gasteiger partial charge is 0.490 e. The SMILES string of the molecule is c1ccc(CCNCc2cccc3c2OCCCO3)cc1. The summed E-state index contributed by atoms with van der Waals surface area (Å²) in [4.78, 5) is 0. The van der Waals surface area contributed by atoms with Crippen LogP contribution < -0.4 is 14.8 Å². The third-order valence-electron chi connectivity index (χ3n) is 3.60. The van der Waals surface area contributed by atoms with Crippen molar-refractivity contribution in [3.8, 4) is 11.5 Å². The van der Waals surface area contributed by atoms with Gasteiger partial charge in [-0.15, -0.1) is 0 Å². The molecule has 21 heavy (non-hydrogen) atoms. The molecule has 0 aromatic heterocycles. The Balaban J connectivity index is 1.56. The van der Waals surface area contributed by atoms with Crippen LogP contribution in [0.3, 0.4) is 0 Å². The molecule has 1 aliphatic rings. The van der Waals surface area contributed by atoms with Crippen LogP contribution in [0.1, 0.15) is 17.5 Å². The van der Waals surface area contributed by atoms with Gasteiger partial charge in [0.25, 0.3) is 0 Å². The van der Waals surface area contributed by atoms with E-state index in [-0.39, 0.29) is 0 Å². The van der Waals surface area contributed by atoms with Crippen molar-refractivity contribution in [3.05, 3.63) is 59.7 Å². The lowest BCUT2D eigenvalue weighted by Gasteiger charge is -2.13. The minimum atomic E-state index is 0.730. The fourth-order valence-corrected chi connectivity index (χ4v) is 2.49. The second-order valence-electron chi connectivity index (χ2n) is 5.21. The van der Waals surface area contributed by atoms with Gasteiger partial charge in [-0.2, -0.15) is 0 Å². The van der Waals surface area contributed by atoms with Crippen LogP contribution in [-0.4, -0.2) is 19.8 Å². The molecule has 1 aliphatic heterocycles. The maximum atomic E-state index is 5.83. The lowest BCUT2D eigenvalue weighted by atomic mass is 10.1. The third kappa shape index (κ3) is 3.76. The van der Waals surface area contributed by atoms with E-state index in [2.05, 4.69) is 35.6 Å². The first kappa shape index (κ1) is 14.0. The number of ether oxygens (including phenoxy) is 2. The molecule has 0 bridgehead atoms. The van der Waals surface area contributed by atoms with E-state index in [1.807, 2.05) is 18.2 Å². The maximum Gasteiger partial charge on any atom is 0.165 e. The summed E-state index contributed by atoms with van der Waals surface area (Å²) in [5.74, 6) is 1.78. The van der Waals surface area contributed by atoms with Gasteiger partial charge in [0, 0.05) is 18.5 Å². The summed E-state index contributed by atoms with van der Waals surface area (Å²) >= 11 is 0. The molecule has 3 rings (SSSR count). The van der Waals surface area contributed by atoms with Crippen LogP contribution in [0.15, 0.2) is 48.5 Å². The molecular weight excluding hydrogens is 262 g/mol. The highest BCUT2D eigenvalue weighted by Crippen LogP contribution is 2.33. The number of benzene rings is 2. The van der Waals surface area contributed by atoms with E-state index >= 15 is 0 Å². The Morgan fingerprint density at radius 2 is 1.76 bits per heavy atom. The third-order valence-corrected chi connectivity index (χ3v) is 3.60. The molecule has 2 aromatic carbocycles. The molecule has 0 saturated heterocycles. The smallest absolute Gasteiger partial charge is 0.165 e. The van der Waals surface area contributed by atoms with Crippen LogP contribution >= 0.6 is 0 Å². The summed E-state index contributed by atoms with van der Waals surface area (Å²) in [7, 11) is 0. The van der Waals surface area contributed by atoms with Crippen molar-refractivity contribution in [3.63, 3.8) is 0 Å². The second kappa shape index (κ2) is 7.14. The number of rotatable bonds is 5. The van der Waals surface area contributed by atoms with Gasteiger partial charge in [-0.1, -0.05) is 42.5 Å². The molecule has 0 atom stereocenters. The Bertz CT molecular complexity index is 569. The van der Waals surface area contributed by atoms with Crippen LogP contribution in [0.25, 0.3) is 0 Å². The molecule has 0 unspecified atom stereocenters. The van der Waals surface area contributed by atoms with Crippen molar-refractivity contribution in [2.24, 2.45) is 0 Å². The zero-order valence-electron chi connectivity index (χ0n) is 12.2. The first-order chi connectivity index (χ1) is 10.4. The number of hydrogen-bond acceptors (Lipinski definition) is 3. The zero-order valence-corrected chi connectivity index (χ0v) is 12.2. The van der Waals surface area contributed by atoms with Gasteiger partial charge in [-0.25, -0.2) is 0 Å². The second-order valence-corrected chi connectivity index (χ2v) is 5.21. The molecule has 0 aliphatic carbocycles. The fraction of sp³-hybridized carbons (Fsp3) is 0.333. The monoisotopic (exact) mass is 283 g/mol. The van der Waals surface area contributed by atoms with Gasteiger partial charge in [-0.05, 0) is 24.6 Å². The summed E-state index contributed by atoms with van der Waals surface area (Å²) in [6.07, 6.45) is 1.97. The number of fused-ring (bicyclic) bond motifs is 1. The summed E-state index contributed by atoms with van der Waals surface area (Å²) in [6.45, 7) is 3.22. The minimum Gasteiger partial charge on any atom is -0.490 e. The molecule has 0 spiro atoms. The Hall–Kier alpha value is -2.00. The Kier molecular flexibility index (Phi) is 4.74. The van der Waals surface area contributed by atoms with Gasteiger partial charge in [0.1, 0.15) is 0 Å². The molecule has 1 heterocycles. The molecule has 1 N–H and O–H groups in total. The number of hydrogen-bond donors (Lipinski definition) is 1. The summed E-state index contributed by atoms with van der Waals surface area (Å²) in [6, 6.07) is 16.6. The lowest BCUT2D eigenvalue weighted by Crippen LogP contribution is -2.17. The van der Waals surface area contributed by atoms with E-state index in [1.165, 1.54) is 11.1 Å². The molecule has 3 nitrogen and oxygen atoms in total. The minimum absolute atomic E-state index is 0.730. The van der Waals surface area contributed by atoms with Crippen molar-refractivity contribution in [2.45, 2.75) is 19.4 Å². The molecule has 2 aromatic rings. The van der Waals surface area contributed by atoms with Crippen LogP contribution in [0, 0.1) is 0 Å². The van der Waals surface area contributed by atoms with E-state index in [0.717, 1.165) is 50.6 Å². The number of para-hydroxylation sites is 1. The lowest BCUT2D eigenvalue weighted by molar-refractivity contribution is 0.296. The molecule has 0 fully saturated rings. The van der Waals surface area contributed by atoms with E-state index in [4.69, 9.17) is 9.47 Å². The average molecular weight is 283 g/mol. The van der Waals surface area contributed by atoms with E-state index < -0.39 is 0 Å². The first-order valence-electron chi connectivity index (χ1n) is 7.55. The Morgan fingerprint density at radius 1 is 0.905 bits per heavy atom. The summed E-state index contributed by atoms with van der Waals surface area (Å²) in [5.41, 5.74) is 2.53. The summed E-state index contributed by atoms with van der Waals surface area (Å²) < 4.78 is 11.5. The van der Waals surface area contributed by atoms with E-state index in [0.29, 0.717) is 0 Å². The molecule has 0 amide bonds. The van der Waals surface area contributed by atoms with Crippen LogP contribution in [0.2, 0.25) is 0 Å². The van der Waals surface area contributed by atoms with Crippen molar-refractivity contribution in [2.75, 3.05) is 19.8 Å². The normalized spacial score (nSPS) is 13.7. The molecule has 0 saturated carbocycles. The first-order valence-corrected chi connectivity index (χ1v) is 7.55. The van der Waals surface area contributed by atoms with Gasteiger partial charge in [-0.3, -0.25) is 0 Å². The van der Waals surface area contributed by atoms with Crippen molar-refractivity contribution >= 4 is 0 Å². The van der Waals surface area contributed by atoms with Crippen LogP contribution in [-0.2, 0) is 13.0 Å². The standard InChI is InChI=1S/C18H21NO2/c1-2-6-15(7-3-1)10-11-19-14-16-8-4-9-17-18(16)21-13-5-12-20-17/h1-4,6-9,19H,5,10-14H2. The molecular formula is C18H21NO2. The highest BCUT2D eigenvalue weighted by atomic mass is 16.5. The number of nitrogens with one attached hydrogen (secondary N) is 1. The van der Waals surface area contributed by atoms with E-state index in [9.17, 15) is 0 Å². The van der Waals surface area contributed by atoms with Crippen molar-refractivity contribution < 1.29 is 9.47 Å². The van der Waals surface area contributed by atoms with Gasteiger partial charge in [0.2, 0.25) is 0 Å². The highest BCUT2D eigenvalue weighted by molar-refractivity contribution is 5.47. The predicted octanol–water partition coefficient (Wildman–Crippen LogP) is 3.18. The van der Waals surface area contributed by atoms with Gasteiger partial charge in [0.15, 0.2) is 11.5 Å². The quantitative estimate of drug-likeness (QED) is 0.855. The molecule has 0 radical (unpaired) electrons. The fourth-order valence-electron chi connectivity index (χ4n) is 2.49. The van der Waals surface area contributed by atoms with Gasteiger partial charge >= 0.3 is 0 Å².